The second-order valence-corrected chi connectivity index (χ2v) is 5.79. The van der Waals surface area contributed by atoms with Gasteiger partial charge in [0.2, 0.25) is 0 Å². The summed E-state index contributed by atoms with van der Waals surface area (Å²) in [7, 11) is 0. The Bertz CT molecular complexity index is 407. The molecule has 1 heterocycles. The zero-order valence-corrected chi connectivity index (χ0v) is 10.9. The molecule has 94 valence electrons. The lowest BCUT2D eigenvalue weighted by atomic mass is 9.78. The first-order chi connectivity index (χ1) is 8.08. The molecule has 1 N–H and O–H groups in total. The lowest BCUT2D eigenvalue weighted by molar-refractivity contribution is -0.380. The van der Waals surface area contributed by atoms with Crippen molar-refractivity contribution >= 4 is 21.5 Å². The van der Waals surface area contributed by atoms with Crippen LogP contribution < -0.4 is 5.32 Å². The van der Waals surface area contributed by atoms with Gasteiger partial charge < -0.3 is 5.32 Å². The molecule has 3 atom stereocenters. The second-order valence-electron chi connectivity index (χ2n) is 4.78. The molecule has 1 aliphatic rings. The zero-order valence-electron chi connectivity index (χ0n) is 10.0. The van der Waals surface area contributed by atoms with E-state index < -0.39 is 4.92 Å². The Morgan fingerprint density at radius 2 is 2.29 bits per heavy atom. The van der Waals surface area contributed by atoms with E-state index in [1.807, 2.05) is 0 Å². The molecule has 5 nitrogen and oxygen atoms in total. The van der Waals surface area contributed by atoms with Crippen molar-refractivity contribution in [2.24, 2.45) is 11.8 Å². The Balaban J connectivity index is 2.01. The SMILES string of the molecule is CC1CCCC(Nc2ncc([N+](=O)[O-])s2)C1C. The number of thiazole rings is 1. The third-order valence-electron chi connectivity index (χ3n) is 3.69. The van der Waals surface area contributed by atoms with Gasteiger partial charge in [0.05, 0.1) is 4.92 Å². The van der Waals surface area contributed by atoms with Crippen LogP contribution in [-0.2, 0) is 0 Å². The average Bonchev–Trinajstić information content (AvgIpc) is 2.73. The lowest BCUT2D eigenvalue weighted by Gasteiger charge is -2.34. The van der Waals surface area contributed by atoms with Crippen LogP contribution in [-0.4, -0.2) is 15.9 Å². The summed E-state index contributed by atoms with van der Waals surface area (Å²) < 4.78 is 0. The van der Waals surface area contributed by atoms with E-state index >= 15 is 0 Å². The molecule has 1 fully saturated rings. The number of hydrogen-bond donors (Lipinski definition) is 1. The Morgan fingerprint density at radius 1 is 1.53 bits per heavy atom. The maximum atomic E-state index is 10.6. The molecule has 1 saturated carbocycles. The molecule has 1 aromatic rings. The van der Waals surface area contributed by atoms with Crippen molar-refractivity contribution in [2.45, 2.75) is 39.2 Å². The van der Waals surface area contributed by atoms with Gasteiger partial charge in [0.25, 0.3) is 0 Å². The third kappa shape index (κ3) is 2.74. The molecule has 1 aromatic heterocycles. The Labute approximate surface area is 104 Å². The van der Waals surface area contributed by atoms with Gasteiger partial charge in [-0.3, -0.25) is 10.1 Å². The fourth-order valence-electron chi connectivity index (χ4n) is 2.36. The molecule has 0 aromatic carbocycles. The fourth-order valence-corrected chi connectivity index (χ4v) is 3.05. The van der Waals surface area contributed by atoms with Crippen LogP contribution in [0.2, 0.25) is 0 Å². The van der Waals surface area contributed by atoms with Crippen LogP contribution in [0.5, 0.6) is 0 Å². The molecule has 0 spiro atoms. The van der Waals surface area contributed by atoms with Gasteiger partial charge in [0, 0.05) is 6.04 Å². The summed E-state index contributed by atoms with van der Waals surface area (Å²) in [5.41, 5.74) is 0. The van der Waals surface area contributed by atoms with E-state index in [0.29, 0.717) is 23.0 Å². The monoisotopic (exact) mass is 255 g/mol. The van der Waals surface area contributed by atoms with Crippen molar-refractivity contribution in [3.63, 3.8) is 0 Å². The maximum Gasteiger partial charge on any atom is 0.345 e. The van der Waals surface area contributed by atoms with Crippen molar-refractivity contribution in [3.8, 4) is 0 Å². The molecule has 17 heavy (non-hydrogen) atoms. The van der Waals surface area contributed by atoms with Gasteiger partial charge in [0.15, 0.2) is 5.13 Å². The summed E-state index contributed by atoms with van der Waals surface area (Å²) in [6.07, 6.45) is 4.94. The highest BCUT2D eigenvalue weighted by Gasteiger charge is 2.27. The number of nitrogens with one attached hydrogen (secondary N) is 1. The number of aromatic nitrogens is 1. The number of rotatable bonds is 3. The van der Waals surface area contributed by atoms with Crippen LogP contribution in [0.1, 0.15) is 33.1 Å². The Kier molecular flexibility index (Phi) is 3.61. The van der Waals surface area contributed by atoms with E-state index in [0.717, 1.165) is 17.8 Å². The molecule has 0 bridgehead atoms. The normalized spacial score (nSPS) is 28.9. The minimum Gasteiger partial charge on any atom is -0.358 e. The Morgan fingerprint density at radius 3 is 2.94 bits per heavy atom. The van der Waals surface area contributed by atoms with Crippen molar-refractivity contribution < 1.29 is 4.92 Å². The standard InChI is InChI=1S/C11H17N3O2S/c1-7-4-3-5-9(8(7)2)13-11-12-6-10(17-11)14(15)16/h6-9H,3-5H2,1-2H3,(H,12,13). The van der Waals surface area contributed by atoms with Crippen LogP contribution in [0.4, 0.5) is 10.1 Å². The van der Waals surface area contributed by atoms with Gasteiger partial charge in [-0.05, 0) is 29.6 Å². The first kappa shape index (κ1) is 12.3. The summed E-state index contributed by atoms with van der Waals surface area (Å²) in [5, 5.41) is 14.7. The molecular formula is C11H17N3O2S. The van der Waals surface area contributed by atoms with Crippen molar-refractivity contribution in [1.82, 2.24) is 4.98 Å². The minimum atomic E-state index is -0.393. The van der Waals surface area contributed by atoms with E-state index in [1.165, 1.54) is 19.0 Å². The predicted molar refractivity (Wildman–Crippen MR) is 68.4 cm³/mol. The van der Waals surface area contributed by atoms with Crippen molar-refractivity contribution in [2.75, 3.05) is 5.32 Å². The average molecular weight is 255 g/mol. The van der Waals surface area contributed by atoms with Gasteiger partial charge in [-0.25, -0.2) is 4.98 Å². The molecule has 0 amide bonds. The van der Waals surface area contributed by atoms with Crippen LogP contribution in [0.25, 0.3) is 0 Å². The molecule has 0 aliphatic heterocycles. The quantitative estimate of drug-likeness (QED) is 0.664. The second kappa shape index (κ2) is 5.00. The molecule has 1 aliphatic carbocycles. The zero-order chi connectivity index (χ0) is 12.4. The highest BCUT2D eigenvalue weighted by Crippen LogP contribution is 2.33. The van der Waals surface area contributed by atoms with E-state index in [9.17, 15) is 10.1 Å². The summed E-state index contributed by atoms with van der Waals surface area (Å²) in [6, 6.07) is 0.393. The van der Waals surface area contributed by atoms with Crippen LogP contribution >= 0.6 is 11.3 Å². The highest BCUT2D eigenvalue weighted by atomic mass is 32.1. The molecular weight excluding hydrogens is 238 g/mol. The fraction of sp³-hybridized carbons (Fsp3) is 0.727. The first-order valence-electron chi connectivity index (χ1n) is 5.94. The summed E-state index contributed by atoms with van der Waals surface area (Å²) in [5.74, 6) is 1.29. The van der Waals surface area contributed by atoms with E-state index in [1.54, 1.807) is 0 Å². The van der Waals surface area contributed by atoms with Gasteiger partial charge in [-0.2, -0.15) is 0 Å². The topological polar surface area (TPSA) is 68.1 Å². The summed E-state index contributed by atoms with van der Waals surface area (Å²) >= 11 is 1.12. The lowest BCUT2D eigenvalue weighted by Crippen LogP contribution is -2.34. The molecule has 2 rings (SSSR count). The van der Waals surface area contributed by atoms with Gasteiger partial charge in [-0.1, -0.05) is 26.7 Å². The van der Waals surface area contributed by atoms with Crippen LogP contribution in [0, 0.1) is 22.0 Å². The van der Waals surface area contributed by atoms with Crippen molar-refractivity contribution in [1.29, 1.82) is 0 Å². The summed E-state index contributed by atoms with van der Waals surface area (Å²) in [6.45, 7) is 4.51. The summed E-state index contributed by atoms with van der Waals surface area (Å²) in [4.78, 5) is 14.2. The molecule has 0 radical (unpaired) electrons. The largest absolute Gasteiger partial charge is 0.358 e. The third-order valence-corrected chi connectivity index (χ3v) is 4.57. The number of nitrogens with zero attached hydrogens (tertiary/aromatic N) is 2. The van der Waals surface area contributed by atoms with Gasteiger partial charge >= 0.3 is 5.00 Å². The molecule has 0 saturated heterocycles. The highest BCUT2D eigenvalue weighted by molar-refractivity contribution is 7.18. The predicted octanol–water partition coefficient (Wildman–Crippen LogP) is 3.29. The molecule has 3 unspecified atom stereocenters. The smallest absolute Gasteiger partial charge is 0.345 e. The Hall–Kier alpha value is -1.17. The van der Waals surface area contributed by atoms with Crippen molar-refractivity contribution in [3.05, 3.63) is 16.3 Å². The van der Waals surface area contributed by atoms with Gasteiger partial charge in [-0.15, -0.1) is 0 Å². The number of nitro groups is 1. The minimum absolute atomic E-state index is 0.101. The van der Waals surface area contributed by atoms with E-state index in [-0.39, 0.29) is 5.00 Å². The number of anilines is 1. The molecule has 6 heteroatoms. The number of hydrogen-bond acceptors (Lipinski definition) is 5. The first-order valence-corrected chi connectivity index (χ1v) is 6.76. The van der Waals surface area contributed by atoms with Gasteiger partial charge in [0.1, 0.15) is 6.20 Å². The van der Waals surface area contributed by atoms with E-state index in [2.05, 4.69) is 24.1 Å². The maximum absolute atomic E-state index is 10.6. The van der Waals surface area contributed by atoms with E-state index in [4.69, 9.17) is 0 Å². The van der Waals surface area contributed by atoms with Crippen LogP contribution in [0.15, 0.2) is 6.20 Å². The van der Waals surface area contributed by atoms with Crippen LogP contribution in [0.3, 0.4) is 0 Å².